The van der Waals surface area contributed by atoms with E-state index >= 15 is 0 Å². The molecule has 9 heteroatoms. The number of sulfone groups is 1. The highest BCUT2D eigenvalue weighted by Gasteiger charge is 2.27. The van der Waals surface area contributed by atoms with E-state index in [1.165, 1.54) is 21.4 Å². The average molecular weight is 478 g/mol. The second-order valence-corrected chi connectivity index (χ2v) is 10.9. The molecule has 3 aromatic heterocycles. The Morgan fingerprint density at radius 3 is 2.52 bits per heavy atom. The van der Waals surface area contributed by atoms with Crippen LogP contribution in [0.3, 0.4) is 0 Å². The first-order valence-electron chi connectivity index (χ1n) is 10.7. The molecule has 1 N–H and O–H groups in total. The largest absolute Gasteiger partial charge is 0.368 e. The van der Waals surface area contributed by atoms with Crippen molar-refractivity contribution in [2.45, 2.75) is 36.1 Å². The summed E-state index contributed by atoms with van der Waals surface area (Å²) in [6.07, 6.45) is 0.825. The molecule has 0 saturated heterocycles. The van der Waals surface area contributed by atoms with Crippen LogP contribution >= 0.6 is 11.3 Å². The fraction of sp³-hybridized carbons (Fsp3) is 0.208. The number of thiophene rings is 1. The maximum Gasteiger partial charge on any atom is 0.229 e. The molecule has 0 saturated carbocycles. The van der Waals surface area contributed by atoms with Gasteiger partial charge >= 0.3 is 0 Å². The maximum absolute atomic E-state index is 13.4. The predicted molar refractivity (Wildman–Crippen MR) is 131 cm³/mol. The summed E-state index contributed by atoms with van der Waals surface area (Å²) < 4.78 is 29.2. The fourth-order valence-electron chi connectivity index (χ4n) is 3.73. The van der Waals surface area contributed by atoms with Gasteiger partial charge in [0.25, 0.3) is 0 Å². The molecule has 3 heterocycles. The second kappa shape index (κ2) is 8.57. The molecule has 0 amide bonds. The van der Waals surface area contributed by atoms with Gasteiger partial charge in [0.15, 0.2) is 5.65 Å². The summed E-state index contributed by atoms with van der Waals surface area (Å²) in [6.45, 7) is 4.80. The van der Waals surface area contributed by atoms with E-state index in [2.05, 4.69) is 46.6 Å². The van der Waals surface area contributed by atoms with Gasteiger partial charge in [-0.05, 0) is 47.0 Å². The van der Waals surface area contributed by atoms with Gasteiger partial charge in [-0.1, -0.05) is 61.5 Å². The molecular weight excluding hydrogens is 454 g/mol. The van der Waals surface area contributed by atoms with Crippen LogP contribution in [0.25, 0.3) is 15.9 Å². The van der Waals surface area contributed by atoms with Crippen molar-refractivity contribution in [2.75, 3.05) is 11.9 Å². The molecule has 7 nitrogen and oxygen atoms in total. The molecule has 0 aliphatic rings. The highest BCUT2D eigenvalue weighted by Crippen LogP contribution is 2.31. The van der Waals surface area contributed by atoms with Crippen molar-refractivity contribution in [3.63, 3.8) is 0 Å². The van der Waals surface area contributed by atoms with Crippen LogP contribution in [-0.4, -0.2) is 34.8 Å². The third-order valence-electron chi connectivity index (χ3n) is 5.58. The monoisotopic (exact) mass is 477 g/mol. The summed E-state index contributed by atoms with van der Waals surface area (Å²) in [5.41, 5.74) is 3.28. The topological polar surface area (TPSA) is 89.2 Å². The molecule has 2 aromatic carbocycles. The van der Waals surface area contributed by atoms with Crippen molar-refractivity contribution in [2.24, 2.45) is 0 Å². The van der Waals surface area contributed by atoms with Gasteiger partial charge in [-0.3, -0.25) is 0 Å². The molecule has 0 spiro atoms. The third kappa shape index (κ3) is 3.98. The molecular formula is C24H23N5O2S2. The number of benzene rings is 2. The normalized spacial score (nSPS) is 12.1. The Labute approximate surface area is 196 Å². The number of rotatable bonds is 7. The van der Waals surface area contributed by atoms with Gasteiger partial charge in [-0.25, -0.2) is 13.4 Å². The van der Waals surface area contributed by atoms with Gasteiger partial charge in [-0.2, -0.15) is 4.52 Å². The molecule has 0 radical (unpaired) electrons. The quantitative estimate of drug-likeness (QED) is 0.357. The van der Waals surface area contributed by atoms with Gasteiger partial charge in [0.05, 0.1) is 15.1 Å². The van der Waals surface area contributed by atoms with Gasteiger partial charge < -0.3 is 5.32 Å². The maximum atomic E-state index is 13.4. The standard InChI is InChI=1S/C24H23N5O2S2/c1-16(2)18-8-10-19(11-9-18)33(30,31)24-23-26-22(25-14-12-17-6-4-3-5-7-17)21-20(13-15-32-21)29(23)28-27-24/h3-11,13,15-16H,12,14H2,1-2H3,(H,25,26). The van der Waals surface area contributed by atoms with E-state index in [9.17, 15) is 8.42 Å². The van der Waals surface area contributed by atoms with Crippen molar-refractivity contribution < 1.29 is 8.42 Å². The SMILES string of the molecule is CC(C)c1ccc(S(=O)(=O)c2nnn3c2nc(NCCc2ccccc2)c2sccc23)cc1. The van der Waals surface area contributed by atoms with Crippen molar-refractivity contribution >= 4 is 42.9 Å². The zero-order valence-electron chi connectivity index (χ0n) is 18.3. The van der Waals surface area contributed by atoms with E-state index in [1.54, 1.807) is 12.1 Å². The third-order valence-corrected chi connectivity index (χ3v) is 8.16. The van der Waals surface area contributed by atoms with Crippen LogP contribution in [0, 0.1) is 0 Å². The zero-order valence-corrected chi connectivity index (χ0v) is 19.9. The molecule has 0 aliphatic heterocycles. The minimum atomic E-state index is -3.88. The van der Waals surface area contributed by atoms with Gasteiger partial charge in [0.2, 0.25) is 14.9 Å². The summed E-state index contributed by atoms with van der Waals surface area (Å²) in [6, 6.07) is 19.0. The van der Waals surface area contributed by atoms with Crippen molar-refractivity contribution in [1.29, 1.82) is 0 Å². The van der Waals surface area contributed by atoms with Crippen molar-refractivity contribution in [1.82, 2.24) is 19.8 Å². The molecule has 0 unspecified atom stereocenters. The molecule has 33 heavy (non-hydrogen) atoms. The second-order valence-electron chi connectivity index (χ2n) is 8.11. The van der Waals surface area contributed by atoms with Crippen LogP contribution in [0.2, 0.25) is 0 Å². The Balaban J connectivity index is 1.53. The van der Waals surface area contributed by atoms with Crippen LogP contribution in [-0.2, 0) is 16.3 Å². The number of nitrogens with zero attached hydrogens (tertiary/aromatic N) is 4. The molecule has 0 bridgehead atoms. The van der Waals surface area contributed by atoms with E-state index in [-0.39, 0.29) is 15.6 Å². The van der Waals surface area contributed by atoms with E-state index in [4.69, 9.17) is 0 Å². The first-order chi connectivity index (χ1) is 15.9. The van der Waals surface area contributed by atoms with Gasteiger partial charge in [0, 0.05) is 6.54 Å². The summed E-state index contributed by atoms with van der Waals surface area (Å²) in [4.78, 5) is 4.84. The number of nitrogens with one attached hydrogen (secondary N) is 1. The van der Waals surface area contributed by atoms with Crippen LogP contribution in [0.4, 0.5) is 5.82 Å². The summed E-state index contributed by atoms with van der Waals surface area (Å²) in [7, 11) is -3.88. The van der Waals surface area contributed by atoms with Crippen molar-refractivity contribution in [3.8, 4) is 0 Å². The lowest BCUT2D eigenvalue weighted by molar-refractivity contribution is 0.592. The molecule has 5 aromatic rings. The summed E-state index contributed by atoms with van der Waals surface area (Å²) in [5, 5.41) is 13.3. The van der Waals surface area contributed by atoms with E-state index in [1.807, 2.05) is 41.8 Å². The highest BCUT2D eigenvalue weighted by molar-refractivity contribution is 7.91. The lowest BCUT2D eigenvalue weighted by Crippen LogP contribution is -2.09. The Hall–Kier alpha value is -3.30. The molecule has 0 fully saturated rings. The molecule has 5 rings (SSSR count). The minimum absolute atomic E-state index is 0.140. The lowest BCUT2D eigenvalue weighted by Gasteiger charge is -2.09. The molecule has 0 aliphatic carbocycles. The summed E-state index contributed by atoms with van der Waals surface area (Å²) in [5.74, 6) is 0.951. The Bertz CT molecular complexity index is 1520. The summed E-state index contributed by atoms with van der Waals surface area (Å²) >= 11 is 1.53. The number of aromatic nitrogens is 4. The number of hydrogen-bond acceptors (Lipinski definition) is 7. The molecule has 168 valence electrons. The lowest BCUT2D eigenvalue weighted by atomic mass is 10.0. The first kappa shape index (κ1) is 21.5. The van der Waals surface area contributed by atoms with Crippen LogP contribution in [0.5, 0.6) is 0 Å². The Kier molecular flexibility index (Phi) is 5.59. The van der Waals surface area contributed by atoms with Gasteiger partial charge in [-0.15, -0.1) is 16.4 Å². The zero-order chi connectivity index (χ0) is 23.0. The van der Waals surface area contributed by atoms with Crippen LogP contribution in [0.15, 0.2) is 76.0 Å². The number of hydrogen-bond donors (Lipinski definition) is 1. The van der Waals surface area contributed by atoms with Crippen LogP contribution < -0.4 is 5.32 Å². The Morgan fingerprint density at radius 2 is 1.79 bits per heavy atom. The fourth-order valence-corrected chi connectivity index (χ4v) is 5.80. The molecule has 0 atom stereocenters. The van der Waals surface area contributed by atoms with E-state index in [0.717, 1.165) is 22.2 Å². The predicted octanol–water partition coefficient (Wildman–Crippen LogP) is 4.95. The van der Waals surface area contributed by atoms with E-state index in [0.29, 0.717) is 18.3 Å². The number of fused-ring (bicyclic) bond motifs is 3. The minimum Gasteiger partial charge on any atom is -0.368 e. The van der Waals surface area contributed by atoms with Crippen LogP contribution in [0.1, 0.15) is 30.9 Å². The smallest absolute Gasteiger partial charge is 0.229 e. The van der Waals surface area contributed by atoms with Crippen molar-refractivity contribution in [3.05, 3.63) is 77.2 Å². The first-order valence-corrected chi connectivity index (χ1v) is 13.1. The van der Waals surface area contributed by atoms with E-state index < -0.39 is 9.84 Å². The average Bonchev–Trinajstić information content (AvgIpc) is 3.47. The number of anilines is 1. The van der Waals surface area contributed by atoms with Gasteiger partial charge in [0.1, 0.15) is 5.82 Å². The highest BCUT2D eigenvalue weighted by atomic mass is 32.2. The Morgan fingerprint density at radius 1 is 1.03 bits per heavy atom.